The van der Waals surface area contributed by atoms with Crippen molar-refractivity contribution in [1.82, 2.24) is 19.5 Å². The number of ether oxygens (including phenoxy) is 4. The van der Waals surface area contributed by atoms with Crippen molar-refractivity contribution in [1.29, 1.82) is 0 Å². The standard InChI is InChI=1S/C22H19N5O4/c1-13-20-21(27(12-23-20)15-3-5-17-19(11-15)31-9-7-29-17)26-22(24-13)25-14-2-4-16-18(10-14)30-8-6-28-16/h2-5,10-12H,6-9H2,1H3,(H,24,25,26). The van der Waals surface area contributed by atoms with Crippen LogP contribution in [0.5, 0.6) is 23.0 Å². The minimum Gasteiger partial charge on any atom is -0.486 e. The molecule has 2 aromatic carbocycles. The summed E-state index contributed by atoms with van der Waals surface area (Å²) in [4.78, 5) is 13.8. The number of anilines is 2. The van der Waals surface area contributed by atoms with E-state index in [2.05, 4.69) is 15.3 Å². The van der Waals surface area contributed by atoms with Gasteiger partial charge in [0, 0.05) is 17.8 Å². The number of fused-ring (bicyclic) bond motifs is 3. The number of rotatable bonds is 3. The lowest BCUT2D eigenvalue weighted by atomic mass is 10.2. The summed E-state index contributed by atoms with van der Waals surface area (Å²) in [7, 11) is 0. The lowest BCUT2D eigenvalue weighted by Gasteiger charge is -2.19. The number of benzene rings is 2. The van der Waals surface area contributed by atoms with E-state index in [1.165, 1.54) is 0 Å². The van der Waals surface area contributed by atoms with Crippen molar-refractivity contribution in [2.75, 3.05) is 31.7 Å². The van der Waals surface area contributed by atoms with Gasteiger partial charge in [-0.15, -0.1) is 0 Å². The van der Waals surface area contributed by atoms with E-state index in [1.54, 1.807) is 6.33 Å². The Morgan fingerprint density at radius 2 is 1.48 bits per heavy atom. The molecule has 9 heteroatoms. The maximum absolute atomic E-state index is 5.72. The molecule has 1 N–H and O–H groups in total. The van der Waals surface area contributed by atoms with Crippen LogP contribution in [0.3, 0.4) is 0 Å². The molecule has 4 heterocycles. The van der Waals surface area contributed by atoms with Crippen molar-refractivity contribution in [3.8, 4) is 28.7 Å². The van der Waals surface area contributed by atoms with Gasteiger partial charge in [0.2, 0.25) is 5.95 Å². The van der Waals surface area contributed by atoms with Crippen molar-refractivity contribution in [2.45, 2.75) is 6.92 Å². The number of hydrogen-bond donors (Lipinski definition) is 1. The lowest BCUT2D eigenvalue weighted by Crippen LogP contribution is -2.15. The fourth-order valence-electron chi connectivity index (χ4n) is 3.72. The number of aryl methyl sites for hydroxylation is 1. The summed E-state index contributed by atoms with van der Waals surface area (Å²) in [6, 6.07) is 11.5. The van der Waals surface area contributed by atoms with Crippen molar-refractivity contribution >= 4 is 22.8 Å². The van der Waals surface area contributed by atoms with Crippen molar-refractivity contribution < 1.29 is 18.9 Å². The smallest absolute Gasteiger partial charge is 0.229 e. The summed E-state index contributed by atoms with van der Waals surface area (Å²) in [5.41, 5.74) is 3.91. The van der Waals surface area contributed by atoms with Gasteiger partial charge in [-0.25, -0.2) is 9.97 Å². The molecular formula is C22H19N5O4. The Labute approximate surface area is 177 Å². The van der Waals surface area contributed by atoms with Crippen LogP contribution in [0.15, 0.2) is 42.7 Å². The zero-order valence-corrected chi connectivity index (χ0v) is 16.8. The van der Waals surface area contributed by atoms with Crippen LogP contribution in [-0.4, -0.2) is 45.9 Å². The van der Waals surface area contributed by atoms with Crippen molar-refractivity contribution in [3.63, 3.8) is 0 Å². The normalized spacial score (nSPS) is 14.5. The van der Waals surface area contributed by atoms with Crippen molar-refractivity contribution in [2.24, 2.45) is 0 Å². The van der Waals surface area contributed by atoms with Gasteiger partial charge in [0.15, 0.2) is 28.6 Å². The van der Waals surface area contributed by atoms with E-state index in [-0.39, 0.29) is 0 Å². The summed E-state index contributed by atoms with van der Waals surface area (Å²) < 4.78 is 24.5. The van der Waals surface area contributed by atoms with E-state index in [0.717, 1.165) is 34.1 Å². The van der Waals surface area contributed by atoms with E-state index < -0.39 is 0 Å². The maximum Gasteiger partial charge on any atom is 0.229 e. The molecule has 31 heavy (non-hydrogen) atoms. The Bertz CT molecular complexity index is 1300. The lowest BCUT2D eigenvalue weighted by molar-refractivity contribution is 0.171. The molecule has 0 atom stereocenters. The topological polar surface area (TPSA) is 92.6 Å². The molecule has 9 nitrogen and oxygen atoms in total. The molecule has 0 unspecified atom stereocenters. The van der Waals surface area contributed by atoms with Gasteiger partial charge in [0.1, 0.15) is 38.3 Å². The van der Waals surface area contributed by atoms with Gasteiger partial charge in [-0.3, -0.25) is 4.57 Å². The first kappa shape index (κ1) is 17.8. The predicted octanol–water partition coefficient (Wildman–Crippen LogP) is 3.41. The molecule has 0 spiro atoms. The molecule has 0 saturated carbocycles. The average Bonchev–Trinajstić information content (AvgIpc) is 3.23. The van der Waals surface area contributed by atoms with Crippen LogP contribution in [0.25, 0.3) is 16.9 Å². The van der Waals surface area contributed by atoms with Crippen LogP contribution >= 0.6 is 0 Å². The predicted molar refractivity (Wildman–Crippen MR) is 113 cm³/mol. The van der Waals surface area contributed by atoms with E-state index in [9.17, 15) is 0 Å². The zero-order chi connectivity index (χ0) is 20.8. The van der Waals surface area contributed by atoms with Gasteiger partial charge in [-0.05, 0) is 31.2 Å². The molecule has 156 valence electrons. The van der Waals surface area contributed by atoms with Crippen LogP contribution in [0.1, 0.15) is 5.69 Å². The summed E-state index contributed by atoms with van der Waals surface area (Å²) in [5.74, 6) is 3.37. The fourth-order valence-corrected chi connectivity index (χ4v) is 3.72. The Hall–Kier alpha value is -4.01. The first-order chi connectivity index (χ1) is 15.2. The van der Waals surface area contributed by atoms with Gasteiger partial charge < -0.3 is 24.3 Å². The largest absolute Gasteiger partial charge is 0.486 e. The highest BCUT2D eigenvalue weighted by Crippen LogP contribution is 2.34. The highest BCUT2D eigenvalue weighted by molar-refractivity contribution is 5.77. The summed E-state index contributed by atoms with van der Waals surface area (Å²) in [6.07, 6.45) is 1.74. The SMILES string of the molecule is Cc1nc(Nc2ccc3c(c2)OCCO3)nc2c1ncn2-c1ccc2c(c1)OCCO2. The van der Waals surface area contributed by atoms with Gasteiger partial charge in [0.25, 0.3) is 0 Å². The summed E-state index contributed by atoms with van der Waals surface area (Å²) in [5, 5.41) is 3.26. The van der Waals surface area contributed by atoms with E-state index in [0.29, 0.717) is 49.5 Å². The third-order valence-corrected chi connectivity index (χ3v) is 5.17. The molecule has 0 bridgehead atoms. The van der Waals surface area contributed by atoms with E-state index in [1.807, 2.05) is 47.9 Å². The Morgan fingerprint density at radius 1 is 0.806 bits per heavy atom. The average molecular weight is 417 g/mol. The molecule has 0 aliphatic carbocycles. The first-order valence-corrected chi connectivity index (χ1v) is 10.0. The molecule has 0 amide bonds. The highest BCUT2D eigenvalue weighted by atomic mass is 16.6. The third-order valence-electron chi connectivity index (χ3n) is 5.17. The minimum atomic E-state index is 0.473. The van der Waals surface area contributed by atoms with Gasteiger partial charge in [-0.1, -0.05) is 0 Å². The second kappa shape index (κ2) is 7.05. The summed E-state index contributed by atoms with van der Waals surface area (Å²) >= 11 is 0. The molecule has 0 fully saturated rings. The van der Waals surface area contributed by atoms with Gasteiger partial charge in [0.05, 0.1) is 11.4 Å². The van der Waals surface area contributed by atoms with Crippen LogP contribution in [0, 0.1) is 6.92 Å². The van der Waals surface area contributed by atoms with Gasteiger partial charge in [-0.2, -0.15) is 4.98 Å². The highest BCUT2D eigenvalue weighted by Gasteiger charge is 2.17. The minimum absolute atomic E-state index is 0.473. The van der Waals surface area contributed by atoms with Gasteiger partial charge >= 0.3 is 0 Å². The number of aromatic nitrogens is 4. The molecular weight excluding hydrogens is 398 g/mol. The Balaban J connectivity index is 1.38. The second-order valence-electron chi connectivity index (χ2n) is 7.23. The first-order valence-electron chi connectivity index (χ1n) is 10.0. The van der Waals surface area contributed by atoms with E-state index in [4.69, 9.17) is 23.9 Å². The number of hydrogen-bond acceptors (Lipinski definition) is 8. The van der Waals surface area contributed by atoms with Crippen molar-refractivity contribution in [3.05, 3.63) is 48.4 Å². The molecule has 2 aliphatic heterocycles. The van der Waals surface area contributed by atoms with Crippen LogP contribution in [-0.2, 0) is 0 Å². The zero-order valence-electron chi connectivity index (χ0n) is 16.8. The van der Waals surface area contributed by atoms with Crippen LogP contribution in [0.4, 0.5) is 11.6 Å². The van der Waals surface area contributed by atoms with E-state index >= 15 is 0 Å². The quantitative estimate of drug-likeness (QED) is 0.542. The van der Waals surface area contributed by atoms with Crippen LogP contribution in [0.2, 0.25) is 0 Å². The Kier molecular flexibility index (Phi) is 4.05. The molecule has 0 radical (unpaired) electrons. The molecule has 2 aromatic heterocycles. The number of nitrogens with zero attached hydrogens (tertiary/aromatic N) is 4. The number of imidazole rings is 1. The molecule has 4 aromatic rings. The third kappa shape index (κ3) is 3.14. The molecule has 0 saturated heterocycles. The number of nitrogens with one attached hydrogen (secondary N) is 1. The maximum atomic E-state index is 5.72. The molecule has 2 aliphatic rings. The second-order valence-corrected chi connectivity index (χ2v) is 7.23. The Morgan fingerprint density at radius 3 is 2.26 bits per heavy atom. The monoisotopic (exact) mass is 417 g/mol. The fraction of sp³-hybridized carbons (Fsp3) is 0.227. The van der Waals surface area contributed by atoms with Crippen LogP contribution < -0.4 is 24.3 Å². The summed E-state index contributed by atoms with van der Waals surface area (Å²) in [6.45, 7) is 4.10. The molecule has 6 rings (SSSR count).